The van der Waals surface area contributed by atoms with E-state index in [1.54, 1.807) is 24.4 Å². The molecule has 1 atom stereocenters. The third-order valence-electron chi connectivity index (χ3n) is 4.38. The molecule has 0 saturated carbocycles. The highest BCUT2D eigenvalue weighted by Gasteiger charge is 2.32. The molecule has 6 nitrogen and oxygen atoms in total. The van der Waals surface area contributed by atoms with Gasteiger partial charge in [0.1, 0.15) is 17.4 Å². The Morgan fingerprint density at radius 2 is 1.84 bits per heavy atom. The summed E-state index contributed by atoms with van der Waals surface area (Å²) in [4.78, 5) is 12.6. The fourth-order valence-corrected chi connectivity index (χ4v) is 3.97. The van der Waals surface area contributed by atoms with Gasteiger partial charge in [0.15, 0.2) is 5.82 Å². The molecule has 0 spiro atoms. The standard InChI is InChI=1S/C18H13BrCl3F4N5O/c1-7(31-14(16(25)26)12(22)13(28-31)15(23)24)18(32)27-17-10(19)6-30(29-17)5-8-2-3-9(20)4-11(8)21/h2-4,6-7,15-16H,5H2,1H3,(H,27,29,32). The van der Waals surface area contributed by atoms with Gasteiger partial charge in [0.05, 0.1) is 16.0 Å². The van der Waals surface area contributed by atoms with Crippen LogP contribution in [0.1, 0.15) is 42.8 Å². The van der Waals surface area contributed by atoms with Gasteiger partial charge < -0.3 is 5.32 Å². The van der Waals surface area contributed by atoms with Gasteiger partial charge in [-0.1, -0.05) is 40.9 Å². The number of rotatable bonds is 7. The Labute approximate surface area is 202 Å². The van der Waals surface area contributed by atoms with Gasteiger partial charge >= 0.3 is 0 Å². The van der Waals surface area contributed by atoms with Crippen LogP contribution >= 0.6 is 50.7 Å². The molecule has 2 aromatic heterocycles. The molecular formula is C18H13BrCl3F4N5O. The Morgan fingerprint density at radius 1 is 1.16 bits per heavy atom. The van der Waals surface area contributed by atoms with Gasteiger partial charge in [0, 0.05) is 16.2 Å². The molecule has 0 saturated heterocycles. The Balaban J connectivity index is 1.81. The van der Waals surface area contributed by atoms with Crippen molar-refractivity contribution in [2.24, 2.45) is 0 Å². The number of anilines is 1. The van der Waals surface area contributed by atoms with Gasteiger partial charge in [-0.15, -0.1) is 0 Å². The highest BCUT2D eigenvalue weighted by atomic mass is 79.9. The number of nitrogens with one attached hydrogen (secondary N) is 1. The van der Waals surface area contributed by atoms with Gasteiger partial charge in [-0.2, -0.15) is 10.2 Å². The van der Waals surface area contributed by atoms with Crippen LogP contribution in [-0.4, -0.2) is 25.5 Å². The van der Waals surface area contributed by atoms with Crippen LogP contribution in [0.3, 0.4) is 0 Å². The largest absolute Gasteiger partial charge is 0.306 e. The first-order chi connectivity index (χ1) is 15.0. The molecule has 0 aliphatic carbocycles. The molecule has 0 aliphatic rings. The molecule has 1 aromatic carbocycles. The van der Waals surface area contributed by atoms with Crippen LogP contribution in [0.5, 0.6) is 0 Å². The van der Waals surface area contributed by atoms with E-state index in [0.717, 1.165) is 0 Å². The molecule has 1 N–H and O–H groups in total. The summed E-state index contributed by atoms with van der Waals surface area (Å²) in [6.07, 6.45) is -4.83. The Kier molecular flexibility index (Phi) is 7.74. The van der Waals surface area contributed by atoms with Crippen molar-refractivity contribution in [2.45, 2.75) is 32.4 Å². The fourth-order valence-electron chi connectivity index (χ4n) is 2.80. The van der Waals surface area contributed by atoms with E-state index in [1.807, 2.05) is 0 Å². The van der Waals surface area contributed by atoms with E-state index in [1.165, 1.54) is 11.6 Å². The molecule has 0 bridgehead atoms. The summed E-state index contributed by atoms with van der Waals surface area (Å²) in [5, 5.41) is 10.1. The monoisotopic (exact) mass is 575 g/mol. The topological polar surface area (TPSA) is 64.7 Å². The summed E-state index contributed by atoms with van der Waals surface area (Å²) in [5.74, 6) is -0.736. The second-order valence-corrected chi connectivity index (χ2v) is 8.63. The summed E-state index contributed by atoms with van der Waals surface area (Å²) < 4.78 is 55.2. The smallest absolute Gasteiger partial charge is 0.283 e. The summed E-state index contributed by atoms with van der Waals surface area (Å²) in [7, 11) is 0. The second-order valence-electron chi connectivity index (χ2n) is 6.55. The highest BCUT2D eigenvalue weighted by molar-refractivity contribution is 9.10. The average Bonchev–Trinajstić information content (AvgIpc) is 3.23. The number of amides is 1. The average molecular weight is 578 g/mol. The van der Waals surface area contributed by atoms with E-state index < -0.39 is 41.2 Å². The zero-order chi connectivity index (χ0) is 23.7. The number of carbonyl (C=O) groups excluding carboxylic acids is 1. The normalized spacial score (nSPS) is 12.6. The zero-order valence-corrected chi connectivity index (χ0v) is 19.8. The van der Waals surface area contributed by atoms with E-state index in [4.69, 9.17) is 34.8 Å². The SMILES string of the molecule is CC(C(=O)Nc1nn(Cc2ccc(Cl)cc2Cl)cc1Br)n1nc(C(F)F)c(Cl)c1C(F)F. The van der Waals surface area contributed by atoms with Gasteiger partial charge in [-0.25, -0.2) is 22.2 Å². The number of carbonyl (C=O) groups is 1. The summed E-state index contributed by atoms with van der Waals surface area (Å²) >= 11 is 20.9. The van der Waals surface area contributed by atoms with E-state index in [-0.39, 0.29) is 12.4 Å². The molecule has 2 heterocycles. The molecule has 1 unspecified atom stereocenters. The van der Waals surface area contributed by atoms with Crippen LogP contribution in [0.2, 0.25) is 15.1 Å². The first kappa shape index (κ1) is 24.8. The maximum Gasteiger partial charge on any atom is 0.283 e. The quantitative estimate of drug-likeness (QED) is 0.310. The van der Waals surface area contributed by atoms with Crippen molar-refractivity contribution in [1.29, 1.82) is 0 Å². The van der Waals surface area contributed by atoms with Crippen LogP contribution in [-0.2, 0) is 11.3 Å². The first-order valence-electron chi connectivity index (χ1n) is 8.81. The van der Waals surface area contributed by atoms with Crippen molar-refractivity contribution in [3.05, 3.63) is 60.9 Å². The number of benzene rings is 1. The van der Waals surface area contributed by atoms with Crippen molar-refractivity contribution in [1.82, 2.24) is 19.6 Å². The minimum Gasteiger partial charge on any atom is -0.306 e. The van der Waals surface area contributed by atoms with Crippen molar-refractivity contribution in [3.63, 3.8) is 0 Å². The number of nitrogens with zero attached hydrogens (tertiary/aromatic N) is 4. The van der Waals surface area contributed by atoms with Crippen LogP contribution in [0, 0.1) is 0 Å². The highest BCUT2D eigenvalue weighted by Crippen LogP contribution is 2.36. The molecule has 3 aromatic rings. The van der Waals surface area contributed by atoms with Crippen molar-refractivity contribution < 1.29 is 22.4 Å². The van der Waals surface area contributed by atoms with E-state index in [0.29, 0.717) is 24.8 Å². The predicted octanol–water partition coefficient (Wildman–Crippen LogP) is 6.93. The minimum absolute atomic E-state index is 0.0814. The van der Waals surface area contributed by atoms with Crippen LogP contribution in [0.4, 0.5) is 23.4 Å². The van der Waals surface area contributed by atoms with Crippen molar-refractivity contribution >= 4 is 62.5 Å². The van der Waals surface area contributed by atoms with Crippen LogP contribution < -0.4 is 5.32 Å². The van der Waals surface area contributed by atoms with Crippen molar-refractivity contribution in [3.8, 4) is 0 Å². The van der Waals surface area contributed by atoms with Gasteiger partial charge in [-0.05, 0) is 40.5 Å². The predicted molar refractivity (Wildman–Crippen MR) is 116 cm³/mol. The number of alkyl halides is 4. The molecule has 0 fully saturated rings. The third-order valence-corrected chi connectivity index (χ3v) is 5.93. The third kappa shape index (κ3) is 5.22. The van der Waals surface area contributed by atoms with Gasteiger partial charge in [0.25, 0.3) is 12.9 Å². The lowest BCUT2D eigenvalue weighted by atomic mass is 10.2. The van der Waals surface area contributed by atoms with E-state index >= 15 is 0 Å². The van der Waals surface area contributed by atoms with Gasteiger partial charge in [0.2, 0.25) is 5.91 Å². The Bertz CT molecular complexity index is 1150. The number of aromatic nitrogens is 4. The molecule has 172 valence electrons. The van der Waals surface area contributed by atoms with Crippen molar-refractivity contribution in [2.75, 3.05) is 5.32 Å². The fraction of sp³-hybridized carbons (Fsp3) is 0.278. The lowest BCUT2D eigenvalue weighted by Crippen LogP contribution is -2.26. The van der Waals surface area contributed by atoms with Gasteiger partial charge in [-0.3, -0.25) is 9.48 Å². The summed E-state index contributed by atoms with van der Waals surface area (Å²) in [5.41, 5.74) is -1.27. The molecular weight excluding hydrogens is 564 g/mol. The number of hydrogen-bond acceptors (Lipinski definition) is 3. The second kappa shape index (κ2) is 9.98. The Morgan fingerprint density at radius 3 is 2.44 bits per heavy atom. The first-order valence-corrected chi connectivity index (χ1v) is 10.7. The molecule has 14 heteroatoms. The Hall–Kier alpha value is -1.82. The summed E-state index contributed by atoms with van der Waals surface area (Å²) in [6, 6.07) is 3.57. The maximum atomic E-state index is 13.4. The molecule has 0 radical (unpaired) electrons. The lowest BCUT2D eigenvalue weighted by molar-refractivity contribution is -0.119. The number of halogens is 8. The molecule has 0 aliphatic heterocycles. The molecule has 3 rings (SSSR count). The van der Waals surface area contributed by atoms with E-state index in [2.05, 4.69) is 31.4 Å². The number of hydrogen-bond donors (Lipinski definition) is 1. The molecule has 32 heavy (non-hydrogen) atoms. The summed E-state index contributed by atoms with van der Waals surface area (Å²) in [6.45, 7) is 1.47. The maximum absolute atomic E-state index is 13.4. The van der Waals surface area contributed by atoms with Crippen LogP contribution in [0.15, 0.2) is 28.9 Å². The van der Waals surface area contributed by atoms with Crippen LogP contribution in [0.25, 0.3) is 0 Å². The van der Waals surface area contributed by atoms with E-state index in [9.17, 15) is 22.4 Å². The molecule has 1 amide bonds. The lowest BCUT2D eigenvalue weighted by Gasteiger charge is -2.15. The minimum atomic E-state index is -3.21. The zero-order valence-electron chi connectivity index (χ0n) is 16.0.